The molecule has 2 rings (SSSR count). The van der Waals surface area contributed by atoms with Gasteiger partial charge in [0, 0.05) is 30.2 Å². The number of aryl methyl sites for hydroxylation is 1. The van der Waals surface area contributed by atoms with E-state index in [1.807, 2.05) is 32.2 Å². The molecule has 1 aromatic heterocycles. The van der Waals surface area contributed by atoms with E-state index in [2.05, 4.69) is 18.0 Å². The third-order valence-corrected chi connectivity index (χ3v) is 4.14. The number of carboxylic acids is 1. The Labute approximate surface area is 142 Å². The minimum atomic E-state index is -0.878. The van der Waals surface area contributed by atoms with Crippen LogP contribution < -0.4 is 0 Å². The van der Waals surface area contributed by atoms with Gasteiger partial charge < -0.3 is 15.0 Å². The van der Waals surface area contributed by atoms with Crippen LogP contribution in [0.4, 0.5) is 0 Å². The van der Waals surface area contributed by atoms with Gasteiger partial charge in [-0.05, 0) is 23.5 Å². The fourth-order valence-corrected chi connectivity index (χ4v) is 2.98. The van der Waals surface area contributed by atoms with Crippen LogP contribution in [-0.2, 0) is 22.4 Å². The summed E-state index contributed by atoms with van der Waals surface area (Å²) in [5, 5.41) is 9.97. The molecule has 0 aliphatic heterocycles. The Bertz CT molecular complexity index is 718. The van der Waals surface area contributed by atoms with Gasteiger partial charge in [0.1, 0.15) is 0 Å². The van der Waals surface area contributed by atoms with E-state index in [0.717, 1.165) is 22.9 Å². The first-order valence-corrected chi connectivity index (χ1v) is 8.49. The van der Waals surface area contributed by atoms with Gasteiger partial charge in [-0.25, -0.2) is 0 Å². The lowest BCUT2D eigenvalue weighted by molar-refractivity contribution is -0.138. The fourth-order valence-electron chi connectivity index (χ4n) is 2.98. The van der Waals surface area contributed by atoms with Crippen molar-refractivity contribution < 1.29 is 14.7 Å². The first-order valence-electron chi connectivity index (χ1n) is 8.49. The summed E-state index contributed by atoms with van der Waals surface area (Å²) < 4.78 is 0. The number of amides is 1. The monoisotopic (exact) mass is 330 g/mol. The van der Waals surface area contributed by atoms with E-state index >= 15 is 0 Å². The summed E-state index contributed by atoms with van der Waals surface area (Å²) in [5.74, 6) is -0.596. The fraction of sp³-hybridized carbons (Fsp3) is 0.474. The van der Waals surface area contributed by atoms with Gasteiger partial charge >= 0.3 is 5.97 Å². The number of carboxylic acid groups (broad SMARTS) is 1. The van der Waals surface area contributed by atoms with Gasteiger partial charge in [0.05, 0.1) is 12.8 Å². The number of hydrogen-bond acceptors (Lipinski definition) is 2. The molecule has 0 atom stereocenters. The van der Waals surface area contributed by atoms with Gasteiger partial charge in [-0.2, -0.15) is 0 Å². The van der Waals surface area contributed by atoms with Crippen LogP contribution in [0, 0.1) is 5.92 Å². The minimum Gasteiger partial charge on any atom is -0.481 e. The molecule has 0 bridgehead atoms. The van der Waals surface area contributed by atoms with Crippen LogP contribution >= 0.6 is 0 Å². The van der Waals surface area contributed by atoms with Crippen molar-refractivity contribution in [2.75, 3.05) is 13.1 Å². The second-order valence-corrected chi connectivity index (χ2v) is 6.56. The Hall–Kier alpha value is -2.30. The normalized spacial score (nSPS) is 11.2. The molecule has 1 amide bonds. The third kappa shape index (κ3) is 4.37. The molecule has 130 valence electrons. The maximum Gasteiger partial charge on any atom is 0.305 e. The highest BCUT2D eigenvalue weighted by atomic mass is 16.4. The van der Waals surface area contributed by atoms with Crippen molar-refractivity contribution in [3.63, 3.8) is 0 Å². The molecule has 0 spiro atoms. The van der Waals surface area contributed by atoms with E-state index in [1.165, 1.54) is 5.56 Å². The Morgan fingerprint density at radius 3 is 2.62 bits per heavy atom. The van der Waals surface area contributed by atoms with Gasteiger partial charge in [-0.3, -0.25) is 9.59 Å². The van der Waals surface area contributed by atoms with E-state index in [-0.39, 0.29) is 18.9 Å². The van der Waals surface area contributed by atoms with Crippen molar-refractivity contribution in [3.8, 4) is 0 Å². The molecule has 1 aromatic carbocycles. The van der Waals surface area contributed by atoms with Crippen LogP contribution in [0.1, 0.15) is 38.3 Å². The van der Waals surface area contributed by atoms with Gasteiger partial charge in [0.2, 0.25) is 5.91 Å². The van der Waals surface area contributed by atoms with Gasteiger partial charge in [0.25, 0.3) is 0 Å². The number of nitrogens with zero attached hydrogens (tertiary/aromatic N) is 1. The van der Waals surface area contributed by atoms with Crippen LogP contribution in [0.5, 0.6) is 0 Å². The van der Waals surface area contributed by atoms with E-state index < -0.39 is 5.97 Å². The molecular weight excluding hydrogens is 304 g/mol. The number of aliphatic carboxylic acids is 1. The lowest BCUT2D eigenvalue weighted by atomic mass is 10.0. The predicted octanol–water partition coefficient (Wildman–Crippen LogP) is 3.23. The minimum absolute atomic E-state index is 0.0206. The quantitative estimate of drug-likeness (QED) is 0.780. The smallest absolute Gasteiger partial charge is 0.305 e. The summed E-state index contributed by atoms with van der Waals surface area (Å²) in [4.78, 5) is 28.5. The Balaban J connectivity index is 2.18. The average molecular weight is 330 g/mol. The molecule has 24 heavy (non-hydrogen) atoms. The number of carbonyl (C=O) groups is 2. The summed E-state index contributed by atoms with van der Waals surface area (Å²) in [7, 11) is 0. The zero-order valence-corrected chi connectivity index (χ0v) is 14.6. The van der Waals surface area contributed by atoms with Gasteiger partial charge in [-0.15, -0.1) is 0 Å². The molecule has 0 saturated heterocycles. The number of aromatic nitrogens is 1. The number of carbonyl (C=O) groups excluding carboxylic acids is 1. The van der Waals surface area contributed by atoms with E-state index in [9.17, 15) is 9.59 Å². The molecule has 0 saturated carbocycles. The molecule has 0 fully saturated rings. The molecule has 0 aliphatic carbocycles. The summed E-state index contributed by atoms with van der Waals surface area (Å²) in [6.07, 6.45) is 3.10. The van der Waals surface area contributed by atoms with Gasteiger partial charge in [0.15, 0.2) is 0 Å². The highest BCUT2D eigenvalue weighted by Gasteiger charge is 2.18. The highest BCUT2D eigenvalue weighted by molar-refractivity contribution is 5.90. The van der Waals surface area contributed by atoms with E-state index in [1.54, 1.807) is 4.90 Å². The summed E-state index contributed by atoms with van der Waals surface area (Å²) in [6, 6.07) is 6.12. The van der Waals surface area contributed by atoms with Crippen LogP contribution in [0.3, 0.4) is 0 Å². The number of hydrogen-bond donors (Lipinski definition) is 2. The number of benzene rings is 1. The summed E-state index contributed by atoms with van der Waals surface area (Å²) >= 11 is 0. The number of H-pyrrole nitrogens is 1. The van der Waals surface area contributed by atoms with Crippen molar-refractivity contribution in [2.24, 2.45) is 5.92 Å². The standard InChI is InChI=1S/C19H26N2O3/c1-4-14-6-5-7-16-15(11-20-19(14)16)10-17(22)21(12-13(2)3)9-8-18(23)24/h5-7,11,13,20H,4,8-10,12H2,1-3H3,(H,23,24). The molecule has 0 unspecified atom stereocenters. The van der Waals surface area contributed by atoms with Crippen molar-refractivity contribution >= 4 is 22.8 Å². The molecule has 2 N–H and O–H groups in total. The van der Waals surface area contributed by atoms with Gasteiger partial charge in [-0.1, -0.05) is 39.0 Å². The molecule has 1 heterocycles. The number of para-hydroxylation sites is 1. The molecule has 2 aromatic rings. The lowest BCUT2D eigenvalue weighted by Gasteiger charge is -2.24. The number of fused-ring (bicyclic) bond motifs is 1. The molecule has 0 aliphatic rings. The Morgan fingerprint density at radius 2 is 2.00 bits per heavy atom. The number of nitrogens with one attached hydrogen (secondary N) is 1. The molecule has 5 nitrogen and oxygen atoms in total. The second kappa shape index (κ2) is 7.99. The second-order valence-electron chi connectivity index (χ2n) is 6.56. The largest absolute Gasteiger partial charge is 0.481 e. The third-order valence-electron chi connectivity index (χ3n) is 4.14. The predicted molar refractivity (Wildman–Crippen MR) is 95.1 cm³/mol. The van der Waals surface area contributed by atoms with Crippen LogP contribution in [-0.4, -0.2) is 40.0 Å². The molecule has 0 radical (unpaired) electrons. The Morgan fingerprint density at radius 1 is 1.25 bits per heavy atom. The molecular formula is C19H26N2O3. The Kier molecular flexibility index (Phi) is 6.01. The lowest BCUT2D eigenvalue weighted by Crippen LogP contribution is -2.36. The molecule has 5 heteroatoms. The van der Waals surface area contributed by atoms with Crippen molar-refractivity contribution in [1.29, 1.82) is 0 Å². The van der Waals surface area contributed by atoms with E-state index in [0.29, 0.717) is 18.9 Å². The summed E-state index contributed by atoms with van der Waals surface area (Å²) in [6.45, 7) is 7.00. The highest BCUT2D eigenvalue weighted by Crippen LogP contribution is 2.23. The average Bonchev–Trinajstić information content (AvgIpc) is 2.94. The maximum atomic E-state index is 12.7. The first kappa shape index (κ1) is 18.0. The number of rotatable bonds is 8. The van der Waals surface area contributed by atoms with Crippen LogP contribution in [0.15, 0.2) is 24.4 Å². The van der Waals surface area contributed by atoms with Crippen LogP contribution in [0.2, 0.25) is 0 Å². The number of aromatic amines is 1. The first-order chi connectivity index (χ1) is 11.4. The zero-order valence-electron chi connectivity index (χ0n) is 14.6. The summed E-state index contributed by atoms with van der Waals surface area (Å²) in [5.41, 5.74) is 3.29. The SMILES string of the molecule is CCc1cccc2c(CC(=O)N(CCC(=O)O)CC(C)C)c[nH]c12. The zero-order chi connectivity index (χ0) is 17.7. The topological polar surface area (TPSA) is 73.4 Å². The van der Waals surface area contributed by atoms with E-state index in [4.69, 9.17) is 5.11 Å². The van der Waals surface area contributed by atoms with Crippen molar-refractivity contribution in [2.45, 2.75) is 40.0 Å². The van der Waals surface area contributed by atoms with Crippen molar-refractivity contribution in [3.05, 3.63) is 35.5 Å². The van der Waals surface area contributed by atoms with Crippen LogP contribution in [0.25, 0.3) is 10.9 Å². The van der Waals surface area contributed by atoms with Crippen molar-refractivity contribution in [1.82, 2.24) is 9.88 Å². The maximum absolute atomic E-state index is 12.7.